The Labute approximate surface area is 203 Å². The van der Waals surface area contributed by atoms with Crippen molar-refractivity contribution in [2.45, 2.75) is 12.2 Å². The van der Waals surface area contributed by atoms with Gasteiger partial charge in [-0.15, -0.1) is 0 Å². The fraction of sp³-hybridized carbons (Fsp3) is 0.385. The highest BCUT2D eigenvalue weighted by atomic mass is 19.1. The minimum absolute atomic E-state index is 0.263. The third kappa shape index (κ3) is 5.22. The number of benzene rings is 2. The highest BCUT2D eigenvalue weighted by Gasteiger charge is 2.34. The molecule has 5 rings (SSSR count). The number of ether oxygens (including phenoxy) is 2. The molecule has 3 aromatic rings. The number of nitrogens with zero attached hydrogens (tertiary/aromatic N) is 4. The van der Waals surface area contributed by atoms with Gasteiger partial charge in [-0.1, -0.05) is 6.07 Å². The zero-order chi connectivity index (χ0) is 24.4. The maximum Gasteiger partial charge on any atom is 0.414 e. The number of methoxy groups -OCH3 is 1. The second-order valence-electron chi connectivity index (χ2n) is 9.00. The van der Waals surface area contributed by atoms with E-state index in [0.29, 0.717) is 25.3 Å². The Morgan fingerprint density at radius 1 is 1.14 bits per heavy atom. The van der Waals surface area contributed by atoms with E-state index in [1.165, 1.54) is 17.0 Å². The number of cyclic esters (lactones) is 1. The van der Waals surface area contributed by atoms with Gasteiger partial charge in [0.2, 0.25) is 0 Å². The van der Waals surface area contributed by atoms with Crippen LogP contribution in [0.4, 0.5) is 14.9 Å². The maximum absolute atomic E-state index is 13.5. The Kier molecular flexibility index (Phi) is 6.81. The van der Waals surface area contributed by atoms with E-state index in [2.05, 4.69) is 14.8 Å². The number of pyridine rings is 1. The highest BCUT2D eigenvalue weighted by Crippen LogP contribution is 2.28. The van der Waals surface area contributed by atoms with Gasteiger partial charge in [-0.3, -0.25) is 19.7 Å². The Morgan fingerprint density at radius 2 is 1.94 bits per heavy atom. The molecule has 3 heterocycles. The molecule has 2 atom stereocenters. The standard InChI is InChI=1S/C26H29FN4O4/c1-34-20-5-6-24-23(14-20)22(7-8-28-24)25(32)17-30-11-9-29(10-12-30)15-21-16-31(26(33)35-21)19-4-2-3-18(27)13-19/h2-8,13-14,21,25,32H,9-12,15-17H2,1H3/t21?,25-/m1/s1. The van der Waals surface area contributed by atoms with Gasteiger partial charge in [0.15, 0.2) is 0 Å². The third-order valence-electron chi connectivity index (χ3n) is 6.69. The van der Waals surface area contributed by atoms with Gasteiger partial charge in [0.25, 0.3) is 0 Å². The van der Waals surface area contributed by atoms with Crippen LogP contribution in [-0.4, -0.2) is 85.0 Å². The van der Waals surface area contributed by atoms with E-state index < -0.39 is 12.2 Å². The van der Waals surface area contributed by atoms with Crippen LogP contribution in [-0.2, 0) is 4.74 Å². The molecule has 2 aromatic carbocycles. The molecule has 8 nitrogen and oxygen atoms in total. The van der Waals surface area contributed by atoms with Crippen molar-refractivity contribution in [3.05, 3.63) is 66.1 Å². The number of amides is 1. The van der Waals surface area contributed by atoms with Gasteiger partial charge in [0, 0.05) is 50.9 Å². The van der Waals surface area contributed by atoms with Crippen LogP contribution in [0.15, 0.2) is 54.7 Å². The summed E-state index contributed by atoms with van der Waals surface area (Å²) in [5.41, 5.74) is 2.18. The van der Waals surface area contributed by atoms with Crippen LogP contribution in [0.5, 0.6) is 5.75 Å². The van der Waals surface area contributed by atoms with Gasteiger partial charge >= 0.3 is 6.09 Å². The van der Waals surface area contributed by atoms with Crippen molar-refractivity contribution in [2.75, 3.05) is 57.8 Å². The number of aliphatic hydroxyl groups is 1. The predicted molar refractivity (Wildman–Crippen MR) is 130 cm³/mol. The number of hydrogen-bond acceptors (Lipinski definition) is 7. The first-order chi connectivity index (χ1) is 17.0. The van der Waals surface area contributed by atoms with Gasteiger partial charge in [0.1, 0.15) is 17.7 Å². The number of aromatic nitrogens is 1. The van der Waals surface area contributed by atoms with Gasteiger partial charge < -0.3 is 14.6 Å². The van der Waals surface area contributed by atoms with E-state index in [1.807, 2.05) is 24.3 Å². The van der Waals surface area contributed by atoms with Crippen molar-refractivity contribution in [1.29, 1.82) is 0 Å². The normalized spacial score (nSPS) is 20.3. The number of aliphatic hydroxyl groups excluding tert-OH is 1. The number of carbonyl (C=O) groups is 1. The molecule has 0 aliphatic carbocycles. The third-order valence-corrected chi connectivity index (χ3v) is 6.69. The Balaban J connectivity index is 1.14. The van der Waals surface area contributed by atoms with Crippen molar-refractivity contribution in [1.82, 2.24) is 14.8 Å². The molecule has 1 amide bonds. The molecule has 0 bridgehead atoms. The van der Waals surface area contributed by atoms with E-state index in [-0.39, 0.29) is 11.9 Å². The molecule has 2 saturated heterocycles. The monoisotopic (exact) mass is 480 g/mol. The van der Waals surface area contributed by atoms with E-state index in [1.54, 1.807) is 25.4 Å². The average Bonchev–Trinajstić information content (AvgIpc) is 3.24. The number of β-amino-alcohol motifs (C(OH)–C–C–N with tert-alkyl or cyclic N) is 1. The number of fused-ring (bicyclic) bond motifs is 1. The number of carbonyl (C=O) groups excluding carboxylic acids is 1. The summed E-state index contributed by atoms with van der Waals surface area (Å²) in [7, 11) is 1.62. The summed E-state index contributed by atoms with van der Waals surface area (Å²) in [6.45, 7) is 4.78. The summed E-state index contributed by atoms with van der Waals surface area (Å²) < 4.78 is 24.4. The molecule has 9 heteroatoms. The molecular weight excluding hydrogens is 451 g/mol. The number of hydrogen-bond donors (Lipinski definition) is 1. The van der Waals surface area contributed by atoms with Crippen molar-refractivity contribution in [3.63, 3.8) is 0 Å². The highest BCUT2D eigenvalue weighted by molar-refractivity contribution is 5.89. The van der Waals surface area contributed by atoms with Gasteiger partial charge in [-0.05, 0) is 48.0 Å². The molecule has 2 fully saturated rings. The fourth-order valence-corrected chi connectivity index (χ4v) is 4.82. The van der Waals surface area contributed by atoms with Gasteiger partial charge in [-0.25, -0.2) is 9.18 Å². The SMILES string of the molecule is COc1ccc2nccc([C@H](O)CN3CCN(CC4CN(c5cccc(F)c5)C(=O)O4)CC3)c2c1. The number of piperazine rings is 1. The molecule has 35 heavy (non-hydrogen) atoms. The van der Waals surface area contributed by atoms with Crippen LogP contribution in [0.1, 0.15) is 11.7 Å². The van der Waals surface area contributed by atoms with Crippen LogP contribution < -0.4 is 9.64 Å². The fourth-order valence-electron chi connectivity index (χ4n) is 4.82. The Bertz CT molecular complexity index is 1200. The van der Waals surface area contributed by atoms with E-state index >= 15 is 0 Å². The molecule has 184 valence electrons. The number of rotatable bonds is 7. The molecule has 2 aliphatic heterocycles. The molecule has 0 radical (unpaired) electrons. The largest absolute Gasteiger partial charge is 0.497 e. The molecule has 0 saturated carbocycles. The molecular formula is C26H29FN4O4. The van der Waals surface area contributed by atoms with Gasteiger partial charge in [0.05, 0.1) is 31.0 Å². The van der Waals surface area contributed by atoms with Crippen LogP contribution in [0, 0.1) is 5.82 Å². The summed E-state index contributed by atoms with van der Waals surface area (Å²) in [4.78, 5) is 22.7. The lowest BCUT2D eigenvalue weighted by molar-refractivity contribution is 0.0525. The van der Waals surface area contributed by atoms with Gasteiger partial charge in [-0.2, -0.15) is 0 Å². The molecule has 2 aliphatic rings. The zero-order valence-electron chi connectivity index (χ0n) is 19.6. The lowest BCUT2D eigenvalue weighted by atomic mass is 10.0. The summed E-state index contributed by atoms with van der Waals surface area (Å²) in [6, 6.07) is 13.5. The molecule has 1 aromatic heterocycles. The summed E-state index contributed by atoms with van der Waals surface area (Å²) >= 11 is 0. The Morgan fingerprint density at radius 3 is 2.71 bits per heavy atom. The second kappa shape index (κ2) is 10.2. The zero-order valence-corrected chi connectivity index (χ0v) is 19.6. The molecule has 1 N–H and O–H groups in total. The lowest BCUT2D eigenvalue weighted by Crippen LogP contribution is -2.49. The van der Waals surface area contributed by atoms with Crippen molar-refractivity contribution in [2.24, 2.45) is 0 Å². The average molecular weight is 481 g/mol. The topological polar surface area (TPSA) is 78.4 Å². The minimum atomic E-state index is -0.644. The summed E-state index contributed by atoms with van der Waals surface area (Å²) in [5.74, 6) is 0.354. The predicted octanol–water partition coefficient (Wildman–Crippen LogP) is 3.06. The van der Waals surface area contributed by atoms with Crippen molar-refractivity contribution >= 4 is 22.7 Å². The summed E-state index contributed by atoms with van der Waals surface area (Å²) in [5, 5.41) is 11.9. The van der Waals surface area contributed by atoms with E-state index in [0.717, 1.165) is 48.4 Å². The quantitative estimate of drug-likeness (QED) is 0.557. The maximum atomic E-state index is 13.5. The van der Waals surface area contributed by atoms with Crippen LogP contribution in [0.2, 0.25) is 0 Å². The molecule has 1 unspecified atom stereocenters. The van der Waals surface area contributed by atoms with Crippen molar-refractivity contribution in [3.8, 4) is 5.75 Å². The summed E-state index contributed by atoms with van der Waals surface area (Å²) in [6.07, 6.45) is 0.376. The smallest absolute Gasteiger partial charge is 0.414 e. The van der Waals surface area contributed by atoms with E-state index in [4.69, 9.17) is 9.47 Å². The number of anilines is 1. The van der Waals surface area contributed by atoms with Crippen molar-refractivity contribution < 1.29 is 23.8 Å². The lowest BCUT2D eigenvalue weighted by Gasteiger charge is -2.36. The van der Waals surface area contributed by atoms with Crippen LogP contribution in [0.3, 0.4) is 0 Å². The van der Waals surface area contributed by atoms with Crippen LogP contribution >= 0.6 is 0 Å². The minimum Gasteiger partial charge on any atom is -0.497 e. The first kappa shape index (κ1) is 23.5. The Hall–Kier alpha value is -3.27. The first-order valence-electron chi connectivity index (χ1n) is 11.8. The first-order valence-corrected chi connectivity index (χ1v) is 11.8. The van der Waals surface area contributed by atoms with E-state index in [9.17, 15) is 14.3 Å². The van der Waals surface area contributed by atoms with Crippen LogP contribution in [0.25, 0.3) is 10.9 Å². The molecule has 0 spiro atoms. The second-order valence-corrected chi connectivity index (χ2v) is 9.00. The number of halogens is 1.